The van der Waals surface area contributed by atoms with Crippen LogP contribution in [0.15, 0.2) is 61.2 Å². The summed E-state index contributed by atoms with van der Waals surface area (Å²) < 4.78 is 2.91. The maximum absolute atomic E-state index is 10.9. The summed E-state index contributed by atoms with van der Waals surface area (Å²) >= 11 is 7.69. The quantitative estimate of drug-likeness (QED) is 0.439. The second-order valence-corrected chi connectivity index (χ2v) is 8.02. The van der Waals surface area contributed by atoms with Gasteiger partial charge < -0.3 is 9.67 Å². The van der Waals surface area contributed by atoms with Crippen molar-refractivity contribution in [1.82, 2.24) is 19.5 Å². The summed E-state index contributed by atoms with van der Waals surface area (Å²) in [5.41, 5.74) is 3.66. The molecular weight excluding hydrogens is 392 g/mol. The molecular formula is C21H15ClN4OS. The summed E-state index contributed by atoms with van der Waals surface area (Å²) in [4.78, 5) is 13.2. The van der Waals surface area contributed by atoms with E-state index in [-0.39, 0.29) is 5.88 Å². The zero-order valence-corrected chi connectivity index (χ0v) is 16.3. The Labute approximate surface area is 169 Å². The van der Waals surface area contributed by atoms with Crippen LogP contribution in [0.1, 0.15) is 5.01 Å². The highest BCUT2D eigenvalue weighted by Gasteiger charge is 2.15. The number of halogens is 1. The Morgan fingerprint density at radius 1 is 1.04 bits per heavy atom. The number of fused-ring (bicyclic) bond motifs is 2. The van der Waals surface area contributed by atoms with Gasteiger partial charge in [-0.25, -0.2) is 4.98 Å². The smallest absolute Gasteiger partial charge is 0.201 e. The first-order chi connectivity index (χ1) is 13.7. The fraction of sp³-hybridized carbons (Fsp3) is 0.0952. The van der Waals surface area contributed by atoms with Crippen molar-refractivity contribution in [3.05, 3.63) is 71.2 Å². The molecule has 4 aromatic heterocycles. The molecule has 0 aliphatic rings. The van der Waals surface area contributed by atoms with E-state index in [1.165, 1.54) is 0 Å². The first-order valence-electron chi connectivity index (χ1n) is 8.81. The Morgan fingerprint density at radius 2 is 1.89 bits per heavy atom. The fourth-order valence-corrected chi connectivity index (χ4v) is 4.61. The van der Waals surface area contributed by atoms with Gasteiger partial charge in [0.2, 0.25) is 5.88 Å². The number of aromatic hydroxyl groups is 1. The van der Waals surface area contributed by atoms with E-state index in [2.05, 4.69) is 15.0 Å². The summed E-state index contributed by atoms with van der Waals surface area (Å²) in [7, 11) is 0. The minimum Gasteiger partial charge on any atom is -0.494 e. The lowest BCUT2D eigenvalue weighted by molar-refractivity contribution is 0.422. The molecule has 0 atom stereocenters. The standard InChI is InChI=1S/C21H15ClN4OS/c22-14-1-2-16-18(11-14)28-19(25-16)6-10-26-12-17-20(21(26)27)15(5-9-24-17)13-3-7-23-8-4-13/h1-5,7-9,11-12,27H,6,10H2. The van der Waals surface area contributed by atoms with Gasteiger partial charge in [-0.15, -0.1) is 11.3 Å². The van der Waals surface area contributed by atoms with Gasteiger partial charge in [0.1, 0.15) is 0 Å². The normalized spacial score (nSPS) is 11.5. The largest absolute Gasteiger partial charge is 0.494 e. The van der Waals surface area contributed by atoms with Crippen molar-refractivity contribution >= 4 is 44.1 Å². The predicted molar refractivity (Wildman–Crippen MR) is 113 cm³/mol. The zero-order chi connectivity index (χ0) is 19.1. The SMILES string of the molecule is Oc1c2c(-c3ccncc3)ccnc2cn1CCc1nc2ccc(Cl)cc2s1. The van der Waals surface area contributed by atoms with Gasteiger partial charge in [-0.1, -0.05) is 11.6 Å². The zero-order valence-electron chi connectivity index (χ0n) is 14.7. The lowest BCUT2D eigenvalue weighted by Gasteiger charge is -2.05. The molecule has 0 bridgehead atoms. The molecule has 7 heteroatoms. The highest BCUT2D eigenvalue weighted by Crippen LogP contribution is 2.35. The number of thiazole rings is 1. The number of nitrogens with zero attached hydrogens (tertiary/aromatic N) is 4. The molecule has 0 radical (unpaired) electrons. The van der Waals surface area contributed by atoms with Crippen molar-refractivity contribution < 1.29 is 5.11 Å². The van der Waals surface area contributed by atoms with Gasteiger partial charge in [0, 0.05) is 42.8 Å². The van der Waals surface area contributed by atoms with Gasteiger partial charge in [0.25, 0.3) is 0 Å². The molecule has 1 aromatic carbocycles. The van der Waals surface area contributed by atoms with Gasteiger partial charge in [-0.2, -0.15) is 0 Å². The highest BCUT2D eigenvalue weighted by atomic mass is 35.5. The molecule has 0 aliphatic carbocycles. The molecule has 0 saturated heterocycles. The molecule has 138 valence electrons. The summed E-state index contributed by atoms with van der Waals surface area (Å²) in [5, 5.41) is 13.3. The van der Waals surface area contributed by atoms with E-state index in [1.807, 2.05) is 47.2 Å². The number of hydrogen-bond acceptors (Lipinski definition) is 5. The van der Waals surface area contributed by atoms with Gasteiger partial charge in [0.15, 0.2) is 0 Å². The van der Waals surface area contributed by atoms with Gasteiger partial charge in [-0.3, -0.25) is 9.97 Å². The maximum atomic E-state index is 10.9. The van der Waals surface area contributed by atoms with E-state index in [0.29, 0.717) is 11.6 Å². The molecule has 0 amide bonds. The first-order valence-corrected chi connectivity index (χ1v) is 10.0. The first kappa shape index (κ1) is 17.2. The average molecular weight is 407 g/mol. The number of hydrogen-bond donors (Lipinski definition) is 1. The van der Waals surface area contributed by atoms with Crippen molar-refractivity contribution in [1.29, 1.82) is 0 Å². The third-order valence-electron chi connectivity index (χ3n) is 4.71. The van der Waals surface area contributed by atoms with Crippen LogP contribution in [-0.4, -0.2) is 24.6 Å². The second kappa shape index (κ2) is 6.89. The number of aromatic nitrogens is 4. The molecule has 0 fully saturated rings. The minimum atomic E-state index is 0.221. The molecule has 5 aromatic rings. The third kappa shape index (κ3) is 3.00. The Balaban J connectivity index is 1.48. The van der Waals surface area contributed by atoms with Gasteiger partial charge in [-0.05, 0) is 47.5 Å². The molecule has 5 nitrogen and oxygen atoms in total. The number of aryl methyl sites for hydroxylation is 2. The highest BCUT2D eigenvalue weighted by molar-refractivity contribution is 7.18. The van der Waals surface area contributed by atoms with E-state index >= 15 is 0 Å². The molecule has 5 rings (SSSR count). The maximum Gasteiger partial charge on any atom is 0.201 e. The molecule has 28 heavy (non-hydrogen) atoms. The molecule has 4 heterocycles. The Morgan fingerprint density at radius 3 is 2.75 bits per heavy atom. The Bertz CT molecular complexity index is 1300. The van der Waals surface area contributed by atoms with Crippen LogP contribution in [0, 0.1) is 0 Å². The monoisotopic (exact) mass is 406 g/mol. The van der Waals surface area contributed by atoms with E-state index in [4.69, 9.17) is 11.6 Å². The van der Waals surface area contributed by atoms with Crippen LogP contribution >= 0.6 is 22.9 Å². The summed E-state index contributed by atoms with van der Waals surface area (Å²) in [6.07, 6.45) is 7.86. The fourth-order valence-electron chi connectivity index (χ4n) is 3.37. The second-order valence-electron chi connectivity index (χ2n) is 6.47. The Hall–Kier alpha value is -2.96. The molecule has 0 spiro atoms. The van der Waals surface area contributed by atoms with Crippen LogP contribution in [-0.2, 0) is 13.0 Å². The average Bonchev–Trinajstić information content (AvgIpc) is 3.27. The van der Waals surface area contributed by atoms with Crippen LogP contribution in [0.4, 0.5) is 0 Å². The number of rotatable bonds is 4. The predicted octanol–water partition coefficient (Wildman–Crippen LogP) is 5.31. The summed E-state index contributed by atoms with van der Waals surface area (Å²) in [5.74, 6) is 0.221. The summed E-state index contributed by atoms with van der Waals surface area (Å²) in [6.45, 7) is 0.617. The lowest BCUT2D eigenvalue weighted by Crippen LogP contribution is -1.98. The third-order valence-corrected chi connectivity index (χ3v) is 6.02. The van der Waals surface area contributed by atoms with E-state index in [0.717, 1.165) is 43.7 Å². The number of benzene rings is 1. The minimum absolute atomic E-state index is 0.221. The topological polar surface area (TPSA) is 63.8 Å². The van der Waals surface area contributed by atoms with Crippen LogP contribution < -0.4 is 0 Å². The van der Waals surface area contributed by atoms with Crippen LogP contribution in [0.5, 0.6) is 5.88 Å². The van der Waals surface area contributed by atoms with E-state index < -0.39 is 0 Å². The van der Waals surface area contributed by atoms with Gasteiger partial charge in [0.05, 0.1) is 26.1 Å². The number of pyridine rings is 2. The van der Waals surface area contributed by atoms with Crippen molar-refractivity contribution in [2.24, 2.45) is 0 Å². The molecule has 0 saturated carbocycles. The van der Waals surface area contributed by atoms with Crippen molar-refractivity contribution in [2.45, 2.75) is 13.0 Å². The van der Waals surface area contributed by atoms with Crippen LogP contribution in [0.3, 0.4) is 0 Å². The van der Waals surface area contributed by atoms with E-state index in [9.17, 15) is 5.11 Å². The lowest BCUT2D eigenvalue weighted by atomic mass is 10.1. The van der Waals surface area contributed by atoms with Crippen molar-refractivity contribution in [2.75, 3.05) is 0 Å². The van der Waals surface area contributed by atoms with Crippen LogP contribution in [0.2, 0.25) is 5.02 Å². The van der Waals surface area contributed by atoms with Crippen molar-refractivity contribution in [3.8, 4) is 17.0 Å². The molecule has 1 N–H and O–H groups in total. The van der Waals surface area contributed by atoms with Crippen LogP contribution in [0.25, 0.3) is 32.2 Å². The molecule has 0 aliphatic heterocycles. The van der Waals surface area contributed by atoms with E-state index in [1.54, 1.807) is 29.9 Å². The molecule has 0 unspecified atom stereocenters. The van der Waals surface area contributed by atoms with Gasteiger partial charge >= 0.3 is 0 Å². The Kier molecular flexibility index (Phi) is 4.22. The van der Waals surface area contributed by atoms with Crippen molar-refractivity contribution in [3.63, 3.8) is 0 Å². The summed E-state index contributed by atoms with van der Waals surface area (Å²) in [6, 6.07) is 11.5.